The normalized spacial score (nSPS) is 24.7. The summed E-state index contributed by atoms with van der Waals surface area (Å²) in [5, 5.41) is 24.9. The number of carboxylic acids is 1. The number of nitrogens with two attached hydrogens (primary N) is 1. The van der Waals surface area contributed by atoms with E-state index in [0.29, 0.717) is 29.3 Å². The molecule has 2 aliphatic heterocycles. The molecule has 7 nitrogen and oxygen atoms in total. The maximum atomic E-state index is 11.5. The maximum absolute atomic E-state index is 11.5. The van der Waals surface area contributed by atoms with Crippen LogP contribution in [0.1, 0.15) is 32.8 Å². The third-order valence-corrected chi connectivity index (χ3v) is 8.68. The first-order chi connectivity index (χ1) is 14.5. The third-order valence-electron chi connectivity index (χ3n) is 5.46. The van der Waals surface area contributed by atoms with Crippen LogP contribution in [0, 0.1) is 5.41 Å². The molecule has 3 unspecified atom stereocenters. The molecule has 10 heteroatoms. The van der Waals surface area contributed by atoms with Gasteiger partial charge in [0, 0.05) is 52.6 Å². The molecule has 2 heterocycles. The first kappa shape index (κ1) is 24.3. The van der Waals surface area contributed by atoms with E-state index in [0.717, 1.165) is 22.3 Å². The lowest BCUT2D eigenvalue weighted by atomic mass is 9.86. The van der Waals surface area contributed by atoms with Gasteiger partial charge in [0.05, 0.1) is 11.1 Å². The van der Waals surface area contributed by atoms with Crippen LogP contribution in [0.5, 0.6) is 5.75 Å². The van der Waals surface area contributed by atoms with E-state index in [4.69, 9.17) is 10.7 Å². The zero-order valence-corrected chi connectivity index (χ0v) is 20.5. The molecule has 1 aromatic carbocycles. The average Bonchev–Trinajstić information content (AvgIpc) is 3.33. The second-order valence-electron chi connectivity index (χ2n) is 8.84. The van der Waals surface area contributed by atoms with Gasteiger partial charge in [-0.05, 0) is 25.5 Å². The van der Waals surface area contributed by atoms with Crippen molar-refractivity contribution in [3.63, 3.8) is 0 Å². The Morgan fingerprint density at radius 3 is 2.81 bits per heavy atom. The average molecular weight is 483 g/mol. The van der Waals surface area contributed by atoms with Crippen molar-refractivity contribution in [3.8, 4) is 5.75 Å². The molecule has 0 aliphatic carbocycles. The Kier molecular flexibility index (Phi) is 7.55. The van der Waals surface area contributed by atoms with Crippen molar-refractivity contribution in [2.24, 2.45) is 15.4 Å². The highest BCUT2D eigenvalue weighted by molar-refractivity contribution is 8.14. The summed E-state index contributed by atoms with van der Waals surface area (Å²) >= 11 is 7.69. The monoisotopic (exact) mass is 482 g/mol. The van der Waals surface area contributed by atoms with Crippen molar-refractivity contribution in [2.45, 2.75) is 44.8 Å². The van der Waals surface area contributed by atoms with Gasteiger partial charge in [-0.15, -0.1) is 23.5 Å². The molecule has 170 valence electrons. The predicted octanol–water partition coefficient (Wildman–Crippen LogP) is 3.13. The lowest BCUT2D eigenvalue weighted by Gasteiger charge is -2.30. The summed E-state index contributed by atoms with van der Waals surface area (Å²) in [4.78, 5) is 20.8. The van der Waals surface area contributed by atoms with E-state index in [1.54, 1.807) is 36.9 Å². The number of hydrogen-bond acceptors (Lipinski definition) is 9. The van der Waals surface area contributed by atoms with Gasteiger partial charge in [-0.1, -0.05) is 13.8 Å². The number of aliphatic imine (C=N–C) groups is 2. The van der Waals surface area contributed by atoms with Crippen molar-refractivity contribution in [3.05, 3.63) is 23.8 Å². The molecule has 0 spiro atoms. The molecular weight excluding hydrogens is 452 g/mol. The van der Waals surface area contributed by atoms with Gasteiger partial charge in [0.2, 0.25) is 0 Å². The molecular formula is C21H30N4O3S3. The van der Waals surface area contributed by atoms with Crippen LogP contribution in [0.15, 0.2) is 28.2 Å². The summed E-state index contributed by atoms with van der Waals surface area (Å²) in [5.74, 6) is 1.24. The van der Waals surface area contributed by atoms with Crippen LogP contribution >= 0.6 is 36.2 Å². The van der Waals surface area contributed by atoms with E-state index in [-0.39, 0.29) is 23.2 Å². The van der Waals surface area contributed by atoms with E-state index in [1.807, 2.05) is 0 Å². The molecule has 5 N–H and O–H groups in total. The molecule has 1 aromatic rings. The minimum absolute atomic E-state index is 0.107. The number of aromatic hydroxyl groups is 1. The number of phenolic OH excluding ortho intramolecular Hbond substituents is 1. The number of carbonyl (C=O) groups is 1. The van der Waals surface area contributed by atoms with Crippen molar-refractivity contribution in [1.82, 2.24) is 5.32 Å². The Balaban J connectivity index is 1.59. The zero-order valence-electron chi connectivity index (χ0n) is 18.0. The third kappa shape index (κ3) is 5.71. The van der Waals surface area contributed by atoms with Crippen molar-refractivity contribution in [2.75, 3.05) is 29.5 Å². The van der Waals surface area contributed by atoms with Crippen LogP contribution in [0.25, 0.3) is 0 Å². The number of hydrogen-bond donors (Lipinski definition) is 5. The molecule has 0 aromatic heterocycles. The smallest absolute Gasteiger partial charge is 0.332 e. The Morgan fingerprint density at radius 1 is 1.45 bits per heavy atom. The quantitative estimate of drug-likeness (QED) is 0.271. The predicted molar refractivity (Wildman–Crippen MR) is 135 cm³/mol. The van der Waals surface area contributed by atoms with E-state index in [9.17, 15) is 15.0 Å². The second-order valence-corrected chi connectivity index (χ2v) is 11.2. The molecule has 2 aliphatic rings. The molecule has 3 atom stereocenters. The van der Waals surface area contributed by atoms with Crippen LogP contribution in [-0.4, -0.2) is 67.7 Å². The number of benzene rings is 1. The molecule has 0 saturated carbocycles. The van der Waals surface area contributed by atoms with Gasteiger partial charge in [0.25, 0.3) is 0 Å². The number of thioether (sulfide) groups is 2. The highest BCUT2D eigenvalue weighted by atomic mass is 32.2. The van der Waals surface area contributed by atoms with Gasteiger partial charge in [0.1, 0.15) is 10.8 Å². The maximum Gasteiger partial charge on any atom is 0.332 e. The van der Waals surface area contributed by atoms with Gasteiger partial charge in [-0.3, -0.25) is 9.98 Å². The van der Waals surface area contributed by atoms with Crippen molar-refractivity contribution >= 4 is 57.9 Å². The molecule has 0 radical (unpaired) electrons. The summed E-state index contributed by atoms with van der Waals surface area (Å²) in [6.07, 6.45) is 0.799. The highest BCUT2D eigenvalue weighted by Gasteiger charge is 2.42. The highest BCUT2D eigenvalue weighted by Crippen LogP contribution is 2.39. The summed E-state index contributed by atoms with van der Waals surface area (Å²) in [6.45, 7) is 6.60. The van der Waals surface area contributed by atoms with E-state index in [2.05, 4.69) is 36.8 Å². The zero-order chi connectivity index (χ0) is 22.8. The standard InChI is InChI=1S/C21H30N4O3S3/c1-20(2,18-25-21(3,11-31-18)19(27)28)7-13(9-29)23-8-14-10-30-17(24-14)15-5-4-12(22)6-16(15)26/h4-6,13-14,23,26,29H,7-11,22H2,1-3H3,(H,27,28). The van der Waals surface area contributed by atoms with Gasteiger partial charge >= 0.3 is 5.97 Å². The first-order valence-electron chi connectivity index (χ1n) is 10.1. The number of nitrogens with zero attached hydrogens (tertiary/aromatic N) is 2. The Morgan fingerprint density at radius 2 is 2.19 bits per heavy atom. The van der Waals surface area contributed by atoms with Gasteiger partial charge in [-0.25, -0.2) is 4.79 Å². The van der Waals surface area contributed by atoms with E-state index in [1.165, 1.54) is 11.8 Å². The number of thiol groups is 1. The lowest BCUT2D eigenvalue weighted by molar-refractivity contribution is -0.141. The first-order valence-corrected chi connectivity index (χ1v) is 12.7. The number of nitrogen functional groups attached to an aromatic ring is 1. The largest absolute Gasteiger partial charge is 0.507 e. The molecule has 31 heavy (non-hydrogen) atoms. The fourth-order valence-electron chi connectivity index (χ4n) is 3.56. The minimum atomic E-state index is -1.04. The van der Waals surface area contributed by atoms with E-state index < -0.39 is 11.5 Å². The number of anilines is 1. The number of rotatable bonds is 9. The second kappa shape index (κ2) is 9.64. The molecule has 3 rings (SSSR count). The molecule has 0 saturated heterocycles. The minimum Gasteiger partial charge on any atom is -0.507 e. The Bertz CT molecular complexity index is 906. The number of carboxylic acid groups (broad SMARTS) is 1. The topological polar surface area (TPSA) is 120 Å². The van der Waals surface area contributed by atoms with Gasteiger partial charge < -0.3 is 21.3 Å². The summed E-state index contributed by atoms with van der Waals surface area (Å²) in [7, 11) is 0. The van der Waals surface area contributed by atoms with Crippen LogP contribution < -0.4 is 11.1 Å². The Labute approximate surface area is 197 Å². The van der Waals surface area contributed by atoms with Crippen LogP contribution in [0.2, 0.25) is 0 Å². The number of aliphatic carboxylic acids is 1. The van der Waals surface area contributed by atoms with Crippen molar-refractivity contribution < 1.29 is 15.0 Å². The van der Waals surface area contributed by atoms with Crippen LogP contribution in [0.4, 0.5) is 5.69 Å². The SMILES string of the molecule is CC(C)(CC(CS)NCC1CSC(c2ccc(N)cc2O)=N1)C1=NC(C)(C(=O)O)CS1. The number of nitrogens with one attached hydrogen (secondary N) is 1. The fourth-order valence-corrected chi connectivity index (χ4v) is 6.26. The Hall–Kier alpha value is -1.36. The van der Waals surface area contributed by atoms with Crippen LogP contribution in [-0.2, 0) is 4.79 Å². The van der Waals surface area contributed by atoms with Gasteiger partial charge in [-0.2, -0.15) is 12.6 Å². The molecule has 0 fully saturated rings. The fraction of sp³-hybridized carbons (Fsp3) is 0.571. The van der Waals surface area contributed by atoms with E-state index >= 15 is 0 Å². The van der Waals surface area contributed by atoms with Gasteiger partial charge in [0.15, 0.2) is 5.54 Å². The summed E-state index contributed by atoms with van der Waals surface area (Å²) < 4.78 is 0. The molecule has 0 bridgehead atoms. The van der Waals surface area contributed by atoms with Crippen molar-refractivity contribution in [1.29, 1.82) is 0 Å². The van der Waals surface area contributed by atoms with Crippen LogP contribution in [0.3, 0.4) is 0 Å². The number of phenols is 1. The summed E-state index contributed by atoms with van der Waals surface area (Å²) in [6, 6.07) is 5.36. The summed E-state index contributed by atoms with van der Waals surface area (Å²) in [5.41, 5.74) is 5.67. The lowest BCUT2D eigenvalue weighted by Crippen LogP contribution is -2.41. The molecule has 0 amide bonds.